The monoisotopic (exact) mass is 263 g/mol. The zero-order valence-corrected chi connectivity index (χ0v) is 10.9. The van der Waals surface area contributed by atoms with Gasteiger partial charge in [-0.25, -0.2) is 0 Å². The highest BCUT2D eigenvalue weighted by molar-refractivity contribution is 6.52. The molecule has 0 saturated heterocycles. The molecule has 5 nitrogen and oxygen atoms in total. The van der Waals surface area contributed by atoms with Gasteiger partial charge < -0.3 is 14.7 Å². The smallest absolute Gasteiger partial charge is 0.299 e. The molecular weight excluding hydrogens is 246 g/mol. The molecule has 0 aromatic heterocycles. The molecule has 1 aromatic carbocycles. The lowest BCUT2D eigenvalue weighted by atomic mass is 10.1. The number of ketones is 1. The van der Waals surface area contributed by atoms with E-state index in [4.69, 9.17) is 9.84 Å². The van der Waals surface area contributed by atoms with E-state index in [1.165, 1.54) is 4.90 Å². The van der Waals surface area contributed by atoms with Crippen molar-refractivity contribution >= 4 is 17.4 Å². The van der Waals surface area contributed by atoms with Gasteiger partial charge in [0.15, 0.2) is 0 Å². The number of carbonyl (C=O) groups excluding carboxylic acids is 2. The lowest BCUT2D eigenvalue weighted by Gasteiger charge is -2.16. The van der Waals surface area contributed by atoms with Gasteiger partial charge in [-0.3, -0.25) is 9.59 Å². The van der Waals surface area contributed by atoms with E-state index in [1.807, 2.05) is 0 Å². The maximum absolute atomic E-state index is 11.9. The molecule has 19 heavy (non-hydrogen) atoms. The van der Waals surface area contributed by atoms with Gasteiger partial charge in [-0.15, -0.1) is 0 Å². The number of benzene rings is 1. The number of anilines is 1. The first-order valence-electron chi connectivity index (χ1n) is 6.34. The number of Topliss-reactive ketones (excluding diaryl/α,β-unsaturated/α-hetero) is 1. The number of aliphatic hydroxyl groups is 1. The lowest BCUT2D eigenvalue weighted by Crippen LogP contribution is -2.30. The van der Waals surface area contributed by atoms with Crippen molar-refractivity contribution in [3.05, 3.63) is 23.8 Å². The Morgan fingerprint density at radius 2 is 2.00 bits per heavy atom. The summed E-state index contributed by atoms with van der Waals surface area (Å²) in [5.74, 6) is -0.311. The van der Waals surface area contributed by atoms with Gasteiger partial charge in [0.05, 0.1) is 18.4 Å². The Bertz CT molecular complexity index is 498. The summed E-state index contributed by atoms with van der Waals surface area (Å²) in [5.41, 5.74) is 1.06. The molecule has 1 aliphatic rings. The van der Waals surface area contributed by atoms with Crippen LogP contribution in [0.3, 0.4) is 0 Å². The summed E-state index contributed by atoms with van der Waals surface area (Å²) in [6.45, 7) is 0.641. The van der Waals surface area contributed by atoms with Crippen molar-refractivity contribution in [2.75, 3.05) is 25.2 Å². The number of hydrogen-bond acceptors (Lipinski definition) is 4. The van der Waals surface area contributed by atoms with E-state index in [2.05, 4.69) is 0 Å². The first-order valence-corrected chi connectivity index (χ1v) is 6.34. The molecule has 0 bridgehead atoms. The molecule has 2 rings (SSSR count). The van der Waals surface area contributed by atoms with Crippen molar-refractivity contribution in [2.24, 2.45) is 0 Å². The summed E-state index contributed by atoms with van der Waals surface area (Å²) in [6, 6.07) is 5.02. The van der Waals surface area contributed by atoms with E-state index in [9.17, 15) is 9.59 Å². The van der Waals surface area contributed by atoms with Crippen LogP contribution >= 0.6 is 0 Å². The molecule has 1 amide bonds. The van der Waals surface area contributed by atoms with E-state index in [0.29, 0.717) is 30.0 Å². The number of fused-ring (bicyclic) bond motifs is 1. The molecule has 1 N–H and O–H groups in total. The molecule has 0 atom stereocenters. The third-order valence-corrected chi connectivity index (χ3v) is 3.22. The Morgan fingerprint density at radius 3 is 2.68 bits per heavy atom. The molecule has 0 saturated carbocycles. The predicted molar refractivity (Wildman–Crippen MR) is 70.6 cm³/mol. The molecule has 0 aliphatic carbocycles. The lowest BCUT2D eigenvalue weighted by molar-refractivity contribution is -0.114. The third kappa shape index (κ3) is 2.61. The van der Waals surface area contributed by atoms with Gasteiger partial charge in [0.2, 0.25) is 0 Å². The number of rotatable bonds is 6. The van der Waals surface area contributed by atoms with Crippen molar-refractivity contribution in [1.82, 2.24) is 0 Å². The second-order valence-electron chi connectivity index (χ2n) is 4.45. The van der Waals surface area contributed by atoms with Gasteiger partial charge in [0.25, 0.3) is 11.7 Å². The summed E-state index contributed by atoms with van der Waals surface area (Å²) in [5, 5.41) is 8.73. The largest absolute Gasteiger partial charge is 0.497 e. The Labute approximate surface area is 111 Å². The molecule has 1 aliphatic heterocycles. The first kappa shape index (κ1) is 13.5. The number of aliphatic hydroxyl groups excluding tert-OH is 1. The van der Waals surface area contributed by atoms with Gasteiger partial charge >= 0.3 is 0 Å². The van der Waals surface area contributed by atoms with Gasteiger partial charge in [-0.2, -0.15) is 0 Å². The zero-order chi connectivity index (χ0) is 13.8. The number of methoxy groups -OCH3 is 1. The SMILES string of the molecule is COc1ccc2c(c1)N(CCCCCO)C(=O)C2=O. The minimum Gasteiger partial charge on any atom is -0.497 e. The number of carbonyl (C=O) groups is 2. The maximum Gasteiger partial charge on any atom is 0.299 e. The second kappa shape index (κ2) is 5.84. The molecular formula is C14H17NO4. The summed E-state index contributed by atoms with van der Waals surface area (Å²) >= 11 is 0. The van der Waals surface area contributed by atoms with E-state index in [1.54, 1.807) is 25.3 Å². The molecule has 0 fully saturated rings. The maximum atomic E-state index is 11.9. The molecule has 102 valence electrons. The Hall–Kier alpha value is -1.88. The van der Waals surface area contributed by atoms with Crippen LogP contribution < -0.4 is 9.64 Å². The van der Waals surface area contributed by atoms with Crippen molar-refractivity contribution in [3.8, 4) is 5.75 Å². The number of hydrogen-bond donors (Lipinski definition) is 1. The van der Waals surface area contributed by atoms with Crippen LogP contribution in [0.25, 0.3) is 0 Å². The average Bonchev–Trinajstić information content (AvgIpc) is 2.67. The van der Waals surface area contributed by atoms with Crippen LogP contribution in [0.2, 0.25) is 0 Å². The number of ether oxygens (including phenoxy) is 1. The molecule has 1 aromatic rings. The fourth-order valence-corrected chi connectivity index (χ4v) is 2.18. The van der Waals surface area contributed by atoms with E-state index in [-0.39, 0.29) is 6.61 Å². The van der Waals surface area contributed by atoms with Crippen molar-refractivity contribution < 1.29 is 19.4 Å². The number of unbranched alkanes of at least 4 members (excludes halogenated alkanes) is 2. The van der Waals surface area contributed by atoms with Crippen LogP contribution in [0.1, 0.15) is 29.6 Å². The summed E-state index contributed by atoms with van der Waals surface area (Å²) in [7, 11) is 1.55. The topological polar surface area (TPSA) is 66.8 Å². The van der Waals surface area contributed by atoms with Gasteiger partial charge in [0.1, 0.15) is 5.75 Å². The van der Waals surface area contributed by atoms with Gasteiger partial charge in [0, 0.05) is 19.2 Å². The van der Waals surface area contributed by atoms with E-state index < -0.39 is 11.7 Å². The summed E-state index contributed by atoms with van der Waals surface area (Å²) < 4.78 is 5.12. The van der Waals surface area contributed by atoms with Gasteiger partial charge in [-0.1, -0.05) is 0 Å². The molecule has 0 unspecified atom stereocenters. The minimum atomic E-state index is -0.479. The molecule has 0 spiro atoms. The average molecular weight is 263 g/mol. The van der Waals surface area contributed by atoms with Gasteiger partial charge in [-0.05, 0) is 31.4 Å². The highest BCUT2D eigenvalue weighted by atomic mass is 16.5. The molecule has 1 heterocycles. The third-order valence-electron chi connectivity index (χ3n) is 3.22. The minimum absolute atomic E-state index is 0.150. The second-order valence-corrected chi connectivity index (χ2v) is 4.45. The zero-order valence-electron chi connectivity index (χ0n) is 10.9. The van der Waals surface area contributed by atoms with Crippen LogP contribution in [-0.4, -0.2) is 37.1 Å². The highest BCUT2D eigenvalue weighted by Crippen LogP contribution is 2.32. The van der Waals surface area contributed by atoms with Crippen molar-refractivity contribution in [2.45, 2.75) is 19.3 Å². The standard InChI is InChI=1S/C14H17NO4/c1-19-10-5-6-11-12(9-10)15(14(18)13(11)17)7-3-2-4-8-16/h5-6,9,16H,2-4,7-8H2,1H3. The van der Waals surface area contributed by atoms with Crippen molar-refractivity contribution in [1.29, 1.82) is 0 Å². The van der Waals surface area contributed by atoms with Crippen molar-refractivity contribution in [3.63, 3.8) is 0 Å². The summed E-state index contributed by atoms with van der Waals surface area (Å²) in [6.07, 6.45) is 2.30. The Morgan fingerprint density at radius 1 is 1.21 bits per heavy atom. The Balaban J connectivity index is 2.17. The Kier molecular flexibility index (Phi) is 4.16. The van der Waals surface area contributed by atoms with Crippen LogP contribution in [-0.2, 0) is 4.79 Å². The van der Waals surface area contributed by atoms with E-state index >= 15 is 0 Å². The molecule has 5 heteroatoms. The number of amides is 1. The van der Waals surface area contributed by atoms with Crippen LogP contribution in [0, 0.1) is 0 Å². The van der Waals surface area contributed by atoms with E-state index in [0.717, 1.165) is 12.8 Å². The number of nitrogens with zero attached hydrogens (tertiary/aromatic N) is 1. The summed E-state index contributed by atoms with van der Waals surface area (Å²) in [4.78, 5) is 25.2. The first-order chi connectivity index (χ1) is 9.19. The highest BCUT2D eigenvalue weighted by Gasteiger charge is 2.35. The van der Waals surface area contributed by atoms with Crippen LogP contribution in [0.15, 0.2) is 18.2 Å². The quantitative estimate of drug-likeness (QED) is 0.622. The fraction of sp³-hybridized carbons (Fsp3) is 0.429. The molecule has 0 radical (unpaired) electrons. The predicted octanol–water partition coefficient (Wildman–Crippen LogP) is 1.39. The normalized spacial score (nSPS) is 13.9. The van der Waals surface area contributed by atoms with Crippen LogP contribution in [0.4, 0.5) is 5.69 Å². The fourth-order valence-electron chi connectivity index (χ4n) is 2.18. The van der Waals surface area contributed by atoms with Crippen LogP contribution in [0.5, 0.6) is 5.75 Å².